The summed E-state index contributed by atoms with van der Waals surface area (Å²) in [5.74, 6) is -0.939. The molecule has 7 heteroatoms. The Morgan fingerprint density at radius 3 is 2.48 bits per heavy atom. The molecule has 1 saturated heterocycles. The van der Waals surface area contributed by atoms with Gasteiger partial charge in [-0.25, -0.2) is 4.39 Å². The lowest BCUT2D eigenvalue weighted by atomic mass is 10.1. The molecule has 0 aromatic heterocycles. The molecule has 0 bridgehead atoms. The van der Waals surface area contributed by atoms with Gasteiger partial charge in [0.15, 0.2) is 0 Å². The number of hydrogen-bond donors (Lipinski definition) is 0. The topological polar surface area (TPSA) is 29.5 Å². The molecular formula is C20H19F4NO2. The summed E-state index contributed by atoms with van der Waals surface area (Å²) in [5, 5.41) is 0. The fourth-order valence-electron chi connectivity index (χ4n) is 3.07. The van der Waals surface area contributed by atoms with Crippen molar-refractivity contribution in [2.24, 2.45) is 0 Å². The van der Waals surface area contributed by atoms with E-state index in [9.17, 15) is 22.4 Å². The average molecular weight is 381 g/mol. The number of hydrogen-bond acceptors (Lipinski definition) is 2. The second-order valence-corrected chi connectivity index (χ2v) is 6.50. The maximum Gasteiger partial charge on any atom is 0.416 e. The molecule has 3 rings (SSSR count). The van der Waals surface area contributed by atoms with Crippen LogP contribution in [0.4, 0.5) is 17.6 Å². The van der Waals surface area contributed by atoms with Gasteiger partial charge in [0.05, 0.1) is 23.8 Å². The monoisotopic (exact) mass is 381 g/mol. The van der Waals surface area contributed by atoms with Crippen molar-refractivity contribution in [1.29, 1.82) is 0 Å². The predicted molar refractivity (Wildman–Crippen MR) is 91.6 cm³/mol. The Bertz CT molecular complexity index is 789. The molecule has 27 heavy (non-hydrogen) atoms. The van der Waals surface area contributed by atoms with E-state index in [2.05, 4.69) is 0 Å². The Kier molecular flexibility index (Phi) is 5.79. The van der Waals surface area contributed by atoms with Crippen LogP contribution in [0.15, 0.2) is 48.5 Å². The molecule has 1 aliphatic heterocycles. The number of alkyl halides is 3. The number of likely N-dealkylation sites (tertiary alicyclic amines) is 1. The molecule has 144 valence electrons. The minimum Gasteiger partial charge on any atom is -0.372 e. The first kappa shape index (κ1) is 19.4. The highest BCUT2D eigenvalue weighted by Gasteiger charge is 2.30. The maximum atomic E-state index is 13.8. The summed E-state index contributed by atoms with van der Waals surface area (Å²) < 4.78 is 57.4. The lowest BCUT2D eigenvalue weighted by Gasteiger charge is -2.32. The first-order valence-electron chi connectivity index (χ1n) is 8.66. The van der Waals surface area contributed by atoms with Gasteiger partial charge >= 0.3 is 6.18 Å². The zero-order valence-electron chi connectivity index (χ0n) is 14.5. The van der Waals surface area contributed by atoms with E-state index in [0.29, 0.717) is 18.7 Å². The SMILES string of the molecule is O=C(c1ccccc1F)N1CCC[C@@H](OCc2ccc(C(F)(F)F)cc2)C1. The van der Waals surface area contributed by atoms with E-state index in [4.69, 9.17) is 4.74 Å². The largest absolute Gasteiger partial charge is 0.416 e. The number of carbonyl (C=O) groups excluding carboxylic acids is 1. The number of halogens is 4. The molecule has 1 heterocycles. The van der Waals surface area contributed by atoms with Gasteiger partial charge in [0.1, 0.15) is 5.82 Å². The molecule has 2 aromatic rings. The molecule has 3 nitrogen and oxygen atoms in total. The van der Waals surface area contributed by atoms with Crippen LogP contribution in [0.5, 0.6) is 0 Å². The molecule has 0 radical (unpaired) electrons. The van der Waals surface area contributed by atoms with Gasteiger partial charge < -0.3 is 9.64 Å². The van der Waals surface area contributed by atoms with E-state index in [1.807, 2.05) is 0 Å². The highest BCUT2D eigenvalue weighted by Crippen LogP contribution is 2.29. The maximum absolute atomic E-state index is 13.8. The van der Waals surface area contributed by atoms with Gasteiger partial charge in [0.2, 0.25) is 0 Å². The standard InChI is InChI=1S/C20H19F4NO2/c21-18-6-2-1-5-17(18)19(26)25-11-3-4-16(12-25)27-13-14-7-9-15(10-8-14)20(22,23)24/h1-2,5-10,16H,3-4,11-13H2/t16-/m1/s1. The number of ether oxygens (including phenoxy) is 1. The zero-order valence-corrected chi connectivity index (χ0v) is 14.5. The number of rotatable bonds is 4. The summed E-state index contributed by atoms with van der Waals surface area (Å²) in [6.45, 7) is 1.01. The molecule has 1 atom stereocenters. The summed E-state index contributed by atoms with van der Waals surface area (Å²) in [4.78, 5) is 14.1. The number of benzene rings is 2. The Hall–Kier alpha value is -2.41. The van der Waals surface area contributed by atoms with Crippen LogP contribution in [0.25, 0.3) is 0 Å². The molecule has 0 saturated carbocycles. The minimum absolute atomic E-state index is 0.0286. The van der Waals surface area contributed by atoms with Crippen molar-refractivity contribution in [3.05, 3.63) is 71.0 Å². The smallest absolute Gasteiger partial charge is 0.372 e. The minimum atomic E-state index is -4.36. The van der Waals surface area contributed by atoms with Crippen molar-refractivity contribution in [2.75, 3.05) is 13.1 Å². The van der Waals surface area contributed by atoms with Crippen LogP contribution in [-0.4, -0.2) is 30.0 Å². The van der Waals surface area contributed by atoms with Crippen molar-refractivity contribution in [3.63, 3.8) is 0 Å². The van der Waals surface area contributed by atoms with Gasteiger partial charge in [-0.15, -0.1) is 0 Å². The van der Waals surface area contributed by atoms with Crippen molar-refractivity contribution in [1.82, 2.24) is 4.90 Å². The summed E-state index contributed by atoms with van der Waals surface area (Å²) >= 11 is 0. The van der Waals surface area contributed by atoms with Crippen LogP contribution in [-0.2, 0) is 17.5 Å². The van der Waals surface area contributed by atoms with Crippen molar-refractivity contribution in [3.8, 4) is 0 Å². The van der Waals surface area contributed by atoms with Gasteiger partial charge in [0, 0.05) is 13.1 Å². The first-order valence-corrected chi connectivity index (χ1v) is 8.66. The second kappa shape index (κ2) is 8.08. The van der Waals surface area contributed by atoms with Crippen LogP contribution >= 0.6 is 0 Å². The van der Waals surface area contributed by atoms with Crippen LogP contribution < -0.4 is 0 Å². The molecule has 1 amide bonds. The lowest BCUT2D eigenvalue weighted by Crippen LogP contribution is -2.43. The third-order valence-corrected chi connectivity index (χ3v) is 4.54. The van der Waals surface area contributed by atoms with Gasteiger partial charge in [-0.05, 0) is 42.7 Å². The third kappa shape index (κ3) is 4.86. The summed E-state index contributed by atoms with van der Waals surface area (Å²) in [7, 11) is 0. The van der Waals surface area contributed by atoms with Gasteiger partial charge in [0.25, 0.3) is 5.91 Å². The molecule has 2 aromatic carbocycles. The van der Waals surface area contributed by atoms with E-state index < -0.39 is 17.6 Å². The van der Waals surface area contributed by atoms with Gasteiger partial charge in [-0.1, -0.05) is 24.3 Å². The number of amides is 1. The normalized spacial score (nSPS) is 17.8. The Morgan fingerprint density at radius 1 is 1.11 bits per heavy atom. The van der Waals surface area contributed by atoms with E-state index in [1.54, 1.807) is 11.0 Å². The molecular weight excluding hydrogens is 362 g/mol. The fraction of sp³-hybridized carbons (Fsp3) is 0.350. The van der Waals surface area contributed by atoms with Crippen LogP contribution in [0.3, 0.4) is 0 Å². The summed E-state index contributed by atoms with van der Waals surface area (Å²) in [6.07, 6.45) is -3.15. The Balaban J connectivity index is 1.57. The van der Waals surface area contributed by atoms with Crippen LogP contribution in [0.1, 0.15) is 34.3 Å². The van der Waals surface area contributed by atoms with E-state index in [-0.39, 0.29) is 24.2 Å². The highest BCUT2D eigenvalue weighted by molar-refractivity contribution is 5.94. The third-order valence-electron chi connectivity index (χ3n) is 4.54. The van der Waals surface area contributed by atoms with E-state index in [1.165, 1.54) is 30.3 Å². The van der Waals surface area contributed by atoms with Gasteiger partial charge in [-0.3, -0.25) is 4.79 Å². The van der Waals surface area contributed by atoms with Crippen molar-refractivity contribution >= 4 is 5.91 Å². The van der Waals surface area contributed by atoms with Gasteiger partial charge in [-0.2, -0.15) is 13.2 Å². The van der Waals surface area contributed by atoms with Crippen LogP contribution in [0, 0.1) is 5.82 Å². The van der Waals surface area contributed by atoms with Crippen LogP contribution in [0.2, 0.25) is 0 Å². The molecule has 0 spiro atoms. The van der Waals surface area contributed by atoms with Crippen molar-refractivity contribution < 1.29 is 27.1 Å². The first-order chi connectivity index (χ1) is 12.8. The quantitative estimate of drug-likeness (QED) is 0.721. The second-order valence-electron chi connectivity index (χ2n) is 6.50. The zero-order chi connectivity index (χ0) is 19.4. The average Bonchev–Trinajstić information content (AvgIpc) is 2.66. The number of nitrogens with zero attached hydrogens (tertiary/aromatic N) is 1. The molecule has 1 aliphatic rings. The number of carbonyl (C=O) groups is 1. The number of piperidine rings is 1. The summed E-state index contributed by atoms with van der Waals surface area (Å²) in [6, 6.07) is 10.6. The molecule has 1 fully saturated rings. The van der Waals surface area contributed by atoms with E-state index in [0.717, 1.165) is 25.0 Å². The Labute approximate surface area is 154 Å². The Morgan fingerprint density at radius 2 is 1.81 bits per heavy atom. The summed E-state index contributed by atoms with van der Waals surface area (Å²) in [5.41, 5.74) is -0.0491. The van der Waals surface area contributed by atoms with Crippen molar-refractivity contribution in [2.45, 2.75) is 31.7 Å². The lowest BCUT2D eigenvalue weighted by molar-refractivity contribution is -0.137. The fourth-order valence-corrected chi connectivity index (χ4v) is 3.07. The molecule has 0 N–H and O–H groups in total. The predicted octanol–water partition coefficient (Wildman–Crippen LogP) is 4.67. The molecule has 0 aliphatic carbocycles. The molecule has 0 unspecified atom stereocenters. The highest BCUT2D eigenvalue weighted by atomic mass is 19.4. The van der Waals surface area contributed by atoms with E-state index >= 15 is 0 Å².